The predicted molar refractivity (Wildman–Crippen MR) is 66.9 cm³/mol. The first-order valence-electron chi connectivity index (χ1n) is 5.74. The maximum absolute atomic E-state index is 11.8. The van der Waals surface area contributed by atoms with Crippen LogP contribution in [0.2, 0.25) is 0 Å². The molecule has 96 valence electrons. The van der Waals surface area contributed by atoms with Crippen LogP contribution in [0.3, 0.4) is 0 Å². The standard InChI is InChI=1S/C14H16O4/c1-3-4-10-12(14(16)17-2)18-13(15)11-8-6-5-7-9-11/h5-10H,3-4H2,1-2H3. The lowest BCUT2D eigenvalue weighted by atomic mass is 10.2. The van der Waals surface area contributed by atoms with Crippen molar-refractivity contribution >= 4 is 11.9 Å². The summed E-state index contributed by atoms with van der Waals surface area (Å²) in [5.41, 5.74) is 0.392. The summed E-state index contributed by atoms with van der Waals surface area (Å²) in [6, 6.07) is 8.49. The molecule has 4 nitrogen and oxygen atoms in total. The van der Waals surface area contributed by atoms with Gasteiger partial charge in [-0.05, 0) is 24.6 Å². The molecule has 0 aliphatic rings. The summed E-state index contributed by atoms with van der Waals surface area (Å²) in [4.78, 5) is 23.2. The van der Waals surface area contributed by atoms with Gasteiger partial charge in [0.05, 0.1) is 12.7 Å². The molecule has 0 amide bonds. The van der Waals surface area contributed by atoms with Crippen molar-refractivity contribution in [2.24, 2.45) is 0 Å². The number of ether oxygens (including phenoxy) is 2. The van der Waals surface area contributed by atoms with Crippen LogP contribution in [0.25, 0.3) is 0 Å². The Labute approximate surface area is 106 Å². The number of carbonyl (C=O) groups excluding carboxylic acids is 2. The molecule has 4 heteroatoms. The quantitative estimate of drug-likeness (QED) is 0.456. The molecule has 0 spiro atoms. The molecule has 0 N–H and O–H groups in total. The summed E-state index contributed by atoms with van der Waals surface area (Å²) in [5.74, 6) is -1.27. The number of rotatable bonds is 5. The highest BCUT2D eigenvalue weighted by atomic mass is 16.6. The molecule has 18 heavy (non-hydrogen) atoms. The van der Waals surface area contributed by atoms with E-state index >= 15 is 0 Å². The van der Waals surface area contributed by atoms with E-state index in [4.69, 9.17) is 4.74 Å². The lowest BCUT2D eigenvalue weighted by Crippen LogP contribution is -2.13. The van der Waals surface area contributed by atoms with Gasteiger partial charge in [-0.1, -0.05) is 31.5 Å². The number of benzene rings is 1. The van der Waals surface area contributed by atoms with E-state index in [0.717, 1.165) is 6.42 Å². The van der Waals surface area contributed by atoms with Crippen LogP contribution in [-0.2, 0) is 14.3 Å². The lowest BCUT2D eigenvalue weighted by molar-refractivity contribution is -0.139. The van der Waals surface area contributed by atoms with Crippen LogP contribution in [0.5, 0.6) is 0 Å². The first kappa shape index (κ1) is 14.0. The van der Waals surface area contributed by atoms with Crippen molar-refractivity contribution in [1.29, 1.82) is 0 Å². The van der Waals surface area contributed by atoms with Gasteiger partial charge in [0.1, 0.15) is 0 Å². The molecular weight excluding hydrogens is 232 g/mol. The molecule has 0 saturated heterocycles. The van der Waals surface area contributed by atoms with Gasteiger partial charge in [-0.2, -0.15) is 0 Å². The van der Waals surface area contributed by atoms with Crippen molar-refractivity contribution < 1.29 is 19.1 Å². The van der Waals surface area contributed by atoms with E-state index in [-0.39, 0.29) is 5.76 Å². The third-order valence-corrected chi connectivity index (χ3v) is 2.22. The Hall–Kier alpha value is -2.10. The van der Waals surface area contributed by atoms with Crippen LogP contribution in [0.4, 0.5) is 0 Å². The van der Waals surface area contributed by atoms with E-state index in [0.29, 0.717) is 12.0 Å². The van der Waals surface area contributed by atoms with Crippen molar-refractivity contribution in [2.45, 2.75) is 19.8 Å². The Morgan fingerprint density at radius 3 is 2.44 bits per heavy atom. The van der Waals surface area contributed by atoms with Crippen LogP contribution in [0, 0.1) is 0 Å². The third-order valence-electron chi connectivity index (χ3n) is 2.22. The van der Waals surface area contributed by atoms with Gasteiger partial charge in [0.15, 0.2) is 0 Å². The normalized spacial score (nSPS) is 10.9. The van der Waals surface area contributed by atoms with Crippen LogP contribution in [-0.4, -0.2) is 19.0 Å². The smallest absolute Gasteiger partial charge is 0.373 e. The van der Waals surface area contributed by atoms with Crippen LogP contribution in [0.15, 0.2) is 42.2 Å². The molecule has 0 aliphatic heterocycles. The first-order valence-corrected chi connectivity index (χ1v) is 5.74. The summed E-state index contributed by atoms with van der Waals surface area (Å²) < 4.78 is 9.60. The Morgan fingerprint density at radius 1 is 1.22 bits per heavy atom. The maximum Gasteiger partial charge on any atom is 0.373 e. The molecule has 1 aromatic carbocycles. The second-order valence-corrected chi connectivity index (χ2v) is 3.60. The van der Waals surface area contributed by atoms with Crippen molar-refractivity contribution in [3.05, 3.63) is 47.7 Å². The van der Waals surface area contributed by atoms with Crippen LogP contribution >= 0.6 is 0 Å². The fraction of sp³-hybridized carbons (Fsp3) is 0.286. The van der Waals surface area contributed by atoms with Gasteiger partial charge >= 0.3 is 11.9 Å². The van der Waals surface area contributed by atoms with Crippen molar-refractivity contribution in [3.8, 4) is 0 Å². The highest BCUT2D eigenvalue weighted by Crippen LogP contribution is 2.09. The van der Waals surface area contributed by atoms with Gasteiger partial charge in [0, 0.05) is 0 Å². The molecular formula is C14H16O4. The number of hydrogen-bond acceptors (Lipinski definition) is 4. The Bertz CT molecular complexity index is 434. The SMILES string of the molecule is CCCC=C(OC(=O)c1ccccc1)C(=O)OC. The van der Waals surface area contributed by atoms with Crippen LogP contribution < -0.4 is 0 Å². The highest BCUT2D eigenvalue weighted by Gasteiger charge is 2.16. The summed E-state index contributed by atoms with van der Waals surface area (Å²) in [6.07, 6.45) is 3.06. The van der Waals surface area contributed by atoms with Gasteiger partial charge in [-0.15, -0.1) is 0 Å². The summed E-state index contributed by atoms with van der Waals surface area (Å²) in [6.45, 7) is 1.96. The molecule has 1 rings (SSSR count). The zero-order valence-electron chi connectivity index (χ0n) is 10.5. The molecule has 0 saturated carbocycles. The molecule has 0 unspecified atom stereocenters. The van der Waals surface area contributed by atoms with Gasteiger partial charge < -0.3 is 9.47 Å². The minimum absolute atomic E-state index is 0.0618. The van der Waals surface area contributed by atoms with Gasteiger partial charge in [0.2, 0.25) is 5.76 Å². The Morgan fingerprint density at radius 2 is 1.89 bits per heavy atom. The zero-order valence-corrected chi connectivity index (χ0v) is 10.5. The van der Waals surface area contributed by atoms with E-state index < -0.39 is 11.9 Å². The number of hydrogen-bond donors (Lipinski definition) is 0. The number of carbonyl (C=O) groups is 2. The van der Waals surface area contributed by atoms with Crippen molar-refractivity contribution in [2.75, 3.05) is 7.11 Å². The number of methoxy groups -OCH3 is 1. The van der Waals surface area contributed by atoms with Crippen molar-refractivity contribution in [1.82, 2.24) is 0 Å². The monoisotopic (exact) mass is 248 g/mol. The van der Waals surface area contributed by atoms with E-state index in [1.807, 2.05) is 6.92 Å². The van der Waals surface area contributed by atoms with E-state index in [1.165, 1.54) is 7.11 Å². The van der Waals surface area contributed by atoms with Crippen molar-refractivity contribution in [3.63, 3.8) is 0 Å². The van der Waals surface area contributed by atoms with Crippen LogP contribution in [0.1, 0.15) is 30.1 Å². The Kier molecular flexibility index (Phi) is 5.64. The first-order chi connectivity index (χ1) is 8.69. The molecule has 0 bridgehead atoms. The van der Waals surface area contributed by atoms with Gasteiger partial charge in [-0.25, -0.2) is 9.59 Å². The molecule has 0 atom stereocenters. The molecule has 0 aromatic heterocycles. The average Bonchev–Trinajstić information content (AvgIpc) is 2.43. The molecule has 0 fully saturated rings. The summed E-state index contributed by atoms with van der Waals surface area (Å²) in [5, 5.41) is 0. The number of allylic oxidation sites excluding steroid dienone is 1. The fourth-order valence-electron chi connectivity index (χ4n) is 1.28. The molecule has 0 heterocycles. The second kappa shape index (κ2) is 7.27. The minimum atomic E-state index is -0.646. The maximum atomic E-state index is 11.8. The summed E-state index contributed by atoms with van der Waals surface area (Å²) >= 11 is 0. The lowest BCUT2D eigenvalue weighted by Gasteiger charge is -2.06. The highest BCUT2D eigenvalue weighted by molar-refractivity contribution is 5.95. The summed E-state index contributed by atoms with van der Waals surface area (Å²) in [7, 11) is 1.25. The van der Waals surface area contributed by atoms with E-state index in [9.17, 15) is 9.59 Å². The van der Waals surface area contributed by atoms with E-state index in [1.54, 1.807) is 36.4 Å². The molecule has 1 aromatic rings. The fourth-order valence-corrected chi connectivity index (χ4v) is 1.28. The average molecular weight is 248 g/mol. The zero-order chi connectivity index (χ0) is 13.4. The number of esters is 2. The van der Waals surface area contributed by atoms with Gasteiger partial charge in [0.25, 0.3) is 0 Å². The largest absolute Gasteiger partial charge is 0.463 e. The second-order valence-electron chi connectivity index (χ2n) is 3.60. The van der Waals surface area contributed by atoms with Gasteiger partial charge in [-0.3, -0.25) is 0 Å². The molecule has 0 radical (unpaired) electrons. The predicted octanol–water partition coefficient (Wildman–Crippen LogP) is 2.70. The minimum Gasteiger partial charge on any atom is -0.463 e. The number of unbranched alkanes of at least 4 members (excludes halogenated alkanes) is 1. The Balaban J connectivity index is 2.78. The topological polar surface area (TPSA) is 52.6 Å². The third kappa shape index (κ3) is 4.05. The molecule has 0 aliphatic carbocycles. The van der Waals surface area contributed by atoms with E-state index in [2.05, 4.69) is 4.74 Å².